The summed E-state index contributed by atoms with van der Waals surface area (Å²) in [5.41, 5.74) is 3.42. The van der Waals surface area contributed by atoms with Crippen molar-refractivity contribution in [1.29, 1.82) is 0 Å². The van der Waals surface area contributed by atoms with Crippen LogP contribution in [0.25, 0.3) is 11.6 Å². The van der Waals surface area contributed by atoms with E-state index in [1.165, 1.54) is 6.92 Å². The maximum atomic E-state index is 12.8. The highest BCUT2D eigenvalue weighted by molar-refractivity contribution is 6.30. The molecule has 5 rings (SSSR count). The Kier molecular flexibility index (Phi) is 7.70. The molecule has 1 saturated heterocycles. The van der Waals surface area contributed by atoms with Gasteiger partial charge in [0.15, 0.2) is 5.60 Å². The molecule has 0 spiro atoms. The molecule has 9 nitrogen and oxygen atoms in total. The molecule has 2 aliphatic rings. The number of fused-ring (bicyclic) bond motifs is 2. The van der Waals surface area contributed by atoms with E-state index in [2.05, 4.69) is 9.88 Å². The molecular formula is C31H36ClN5O4. The maximum Gasteiger partial charge on any atom is 0.410 e. The fourth-order valence-corrected chi connectivity index (χ4v) is 5.94. The second kappa shape index (κ2) is 10.9. The number of benzene rings is 1. The number of aryl methyl sites for hydroxylation is 1. The number of hydrogen-bond donors (Lipinski definition) is 0. The van der Waals surface area contributed by atoms with Gasteiger partial charge in [0.1, 0.15) is 5.60 Å². The zero-order valence-corrected chi connectivity index (χ0v) is 25.1. The van der Waals surface area contributed by atoms with E-state index in [1.807, 2.05) is 75.7 Å². The molecule has 1 aromatic carbocycles. The van der Waals surface area contributed by atoms with Gasteiger partial charge in [0.05, 0.1) is 30.0 Å². The molecule has 10 heteroatoms. The summed E-state index contributed by atoms with van der Waals surface area (Å²) < 4.78 is 13.6. The third kappa shape index (κ3) is 5.74. The highest BCUT2D eigenvalue weighted by atomic mass is 35.5. The van der Waals surface area contributed by atoms with Crippen molar-refractivity contribution in [3.05, 3.63) is 82.2 Å². The number of carbonyl (C=O) groups excluding carboxylic acids is 2. The van der Waals surface area contributed by atoms with Crippen LogP contribution in [0.5, 0.6) is 0 Å². The van der Waals surface area contributed by atoms with E-state index >= 15 is 0 Å². The zero-order valence-electron chi connectivity index (χ0n) is 24.3. The Bertz CT molecular complexity index is 1500. The van der Waals surface area contributed by atoms with Gasteiger partial charge in [0.2, 0.25) is 0 Å². The van der Waals surface area contributed by atoms with E-state index < -0.39 is 17.2 Å². The molecule has 0 N–H and O–H groups in total. The lowest BCUT2D eigenvalue weighted by Gasteiger charge is -2.40. The van der Waals surface area contributed by atoms with Crippen LogP contribution in [0.2, 0.25) is 5.02 Å². The molecule has 2 aromatic heterocycles. The molecule has 1 fully saturated rings. The van der Waals surface area contributed by atoms with Gasteiger partial charge in [-0.25, -0.2) is 9.78 Å². The first-order valence-electron chi connectivity index (χ1n) is 13.7. The zero-order chi connectivity index (χ0) is 29.5. The van der Waals surface area contributed by atoms with Gasteiger partial charge in [-0.3, -0.25) is 14.7 Å². The molecule has 2 atom stereocenters. The fourth-order valence-electron chi connectivity index (χ4n) is 5.76. The molecule has 3 aromatic rings. The molecule has 0 bridgehead atoms. The Balaban J connectivity index is 1.62. The summed E-state index contributed by atoms with van der Waals surface area (Å²) in [7, 11) is 1.88. The highest BCUT2D eigenvalue weighted by Crippen LogP contribution is 2.48. The predicted octanol–water partition coefficient (Wildman–Crippen LogP) is 5.44. The predicted molar refractivity (Wildman–Crippen MR) is 157 cm³/mol. The number of nitrogens with zero attached hydrogens (tertiary/aromatic N) is 5. The molecule has 0 saturated carbocycles. The summed E-state index contributed by atoms with van der Waals surface area (Å²) >= 11 is 6.62. The van der Waals surface area contributed by atoms with Crippen LogP contribution in [0.15, 0.2) is 49.1 Å². The number of rotatable bonds is 4. The highest BCUT2D eigenvalue weighted by Gasteiger charge is 2.42. The minimum Gasteiger partial charge on any atom is -0.448 e. The van der Waals surface area contributed by atoms with Gasteiger partial charge in [0.25, 0.3) is 0 Å². The molecule has 216 valence electrons. The summed E-state index contributed by atoms with van der Waals surface area (Å²) in [5, 5.41) is 0.567. The topological polar surface area (TPSA) is 89.8 Å². The summed E-state index contributed by atoms with van der Waals surface area (Å²) in [6, 6.07) is 9.54. The van der Waals surface area contributed by atoms with Gasteiger partial charge in [-0.05, 0) is 68.7 Å². The lowest BCUT2D eigenvalue weighted by Crippen LogP contribution is -2.51. The van der Waals surface area contributed by atoms with E-state index in [1.54, 1.807) is 23.6 Å². The number of ether oxygens (including phenoxy) is 2. The average Bonchev–Trinajstić information content (AvgIpc) is 3.28. The maximum absolute atomic E-state index is 12.8. The van der Waals surface area contributed by atoms with Crippen molar-refractivity contribution >= 4 is 35.3 Å². The number of imidazole rings is 1. The average molecular weight is 578 g/mol. The van der Waals surface area contributed by atoms with Gasteiger partial charge < -0.3 is 18.9 Å². The van der Waals surface area contributed by atoms with Gasteiger partial charge in [-0.1, -0.05) is 23.7 Å². The van der Waals surface area contributed by atoms with Crippen molar-refractivity contribution in [2.45, 2.75) is 51.9 Å². The largest absolute Gasteiger partial charge is 0.448 e. The normalized spacial score (nSPS) is 18.9. The SMILES string of the molecule is CC(=O)OC(C)(C1=Cc2cccnc2C(N2CCN(C(=O)OC(C)(C)C)CC2)c2ccc(Cl)cc21)c1cncn1C. The van der Waals surface area contributed by atoms with Crippen LogP contribution in [0, 0.1) is 0 Å². The van der Waals surface area contributed by atoms with E-state index in [-0.39, 0.29) is 12.1 Å². The number of piperazine rings is 1. The monoisotopic (exact) mass is 577 g/mol. The van der Waals surface area contributed by atoms with Gasteiger partial charge in [-0.15, -0.1) is 0 Å². The van der Waals surface area contributed by atoms with Crippen molar-refractivity contribution in [2.24, 2.45) is 7.05 Å². The van der Waals surface area contributed by atoms with Crippen LogP contribution in [0.1, 0.15) is 68.7 Å². The van der Waals surface area contributed by atoms with Gasteiger partial charge in [-0.2, -0.15) is 0 Å². The van der Waals surface area contributed by atoms with Crippen LogP contribution in [0.3, 0.4) is 0 Å². The van der Waals surface area contributed by atoms with Crippen LogP contribution in [-0.4, -0.2) is 68.2 Å². The number of amides is 1. The molecule has 0 radical (unpaired) electrons. The number of carbonyl (C=O) groups is 2. The van der Waals surface area contributed by atoms with E-state index in [4.69, 9.17) is 26.1 Å². The quantitative estimate of drug-likeness (QED) is 0.381. The minimum atomic E-state index is -1.17. The Hall–Kier alpha value is -3.69. The number of halogens is 1. The van der Waals surface area contributed by atoms with Crippen molar-refractivity contribution in [3.63, 3.8) is 0 Å². The molecule has 1 aliphatic heterocycles. The van der Waals surface area contributed by atoms with Crippen LogP contribution in [0.4, 0.5) is 4.79 Å². The van der Waals surface area contributed by atoms with Crippen molar-refractivity contribution in [1.82, 2.24) is 24.3 Å². The summed E-state index contributed by atoms with van der Waals surface area (Å²) in [6.07, 6.45) is 6.95. The molecular weight excluding hydrogens is 542 g/mol. The lowest BCUT2D eigenvalue weighted by molar-refractivity contribution is -0.151. The second-order valence-electron chi connectivity index (χ2n) is 11.7. The van der Waals surface area contributed by atoms with Gasteiger partial charge >= 0.3 is 12.1 Å². The third-order valence-electron chi connectivity index (χ3n) is 7.53. The number of hydrogen-bond acceptors (Lipinski definition) is 7. The standard InChI is InChI=1S/C31H36ClN5O4/c1-20(38)40-31(5,26-18-33-19-35(26)6)25-16-21-8-7-11-34-27(21)28(23-10-9-22(32)17-24(23)25)36-12-14-37(15-13-36)29(39)41-30(2,3)4/h7-11,16-19,28H,12-15H2,1-6H3. The van der Waals surface area contributed by atoms with E-state index in [9.17, 15) is 9.59 Å². The molecule has 1 amide bonds. The summed E-state index contributed by atoms with van der Waals surface area (Å²) in [4.78, 5) is 38.6. The first kappa shape index (κ1) is 28.8. The van der Waals surface area contributed by atoms with Gasteiger partial charge in [0, 0.05) is 56.9 Å². The van der Waals surface area contributed by atoms with E-state index in [0.29, 0.717) is 31.2 Å². The van der Waals surface area contributed by atoms with Crippen molar-refractivity contribution in [2.75, 3.05) is 26.2 Å². The fraction of sp³-hybridized carbons (Fsp3) is 0.419. The van der Waals surface area contributed by atoms with Crippen LogP contribution >= 0.6 is 11.6 Å². The Morgan fingerprint density at radius 3 is 2.41 bits per heavy atom. The summed E-state index contributed by atoms with van der Waals surface area (Å²) in [5.74, 6) is -0.413. The first-order valence-corrected chi connectivity index (χ1v) is 14.1. The molecule has 1 aliphatic carbocycles. The van der Waals surface area contributed by atoms with Crippen molar-refractivity contribution in [3.8, 4) is 0 Å². The number of aromatic nitrogens is 3. The molecule has 2 unspecified atom stereocenters. The molecule has 3 heterocycles. The summed E-state index contributed by atoms with van der Waals surface area (Å²) in [6.45, 7) is 11.2. The molecule has 41 heavy (non-hydrogen) atoms. The smallest absolute Gasteiger partial charge is 0.410 e. The minimum absolute atomic E-state index is 0.221. The number of pyridine rings is 1. The Morgan fingerprint density at radius 1 is 1.05 bits per heavy atom. The number of esters is 1. The van der Waals surface area contributed by atoms with Crippen molar-refractivity contribution < 1.29 is 19.1 Å². The lowest BCUT2D eigenvalue weighted by atomic mass is 9.83. The third-order valence-corrected chi connectivity index (χ3v) is 7.76. The van der Waals surface area contributed by atoms with E-state index in [0.717, 1.165) is 33.7 Å². The van der Waals surface area contributed by atoms with Crippen LogP contribution < -0.4 is 0 Å². The Morgan fingerprint density at radius 2 is 1.78 bits per heavy atom. The Labute approximate surface area is 245 Å². The second-order valence-corrected chi connectivity index (χ2v) is 12.1. The first-order chi connectivity index (χ1) is 19.4. The van der Waals surface area contributed by atoms with Crippen LogP contribution in [-0.2, 0) is 26.9 Å².